The van der Waals surface area contributed by atoms with E-state index in [4.69, 9.17) is 0 Å². The van der Waals surface area contributed by atoms with Gasteiger partial charge < -0.3 is 9.80 Å². The Balaban J connectivity index is 1.44. The number of nitrogens with zero attached hydrogens (tertiary/aromatic N) is 2. The number of aryl methyl sites for hydroxylation is 1. The molecule has 2 aromatic rings. The molecule has 0 bridgehead atoms. The van der Waals surface area contributed by atoms with Crippen LogP contribution in [-0.2, 0) is 22.4 Å². The predicted octanol–water partition coefficient (Wildman–Crippen LogP) is 4.35. The molecule has 6 heteroatoms. The van der Waals surface area contributed by atoms with Gasteiger partial charge in [-0.1, -0.05) is 28.1 Å². The van der Waals surface area contributed by atoms with E-state index in [2.05, 4.69) is 22.0 Å². The summed E-state index contributed by atoms with van der Waals surface area (Å²) < 4.78 is 14.1. The Labute approximate surface area is 178 Å². The molecule has 0 saturated carbocycles. The minimum absolute atomic E-state index is 0.00270. The van der Waals surface area contributed by atoms with E-state index in [9.17, 15) is 14.0 Å². The van der Waals surface area contributed by atoms with E-state index in [0.717, 1.165) is 48.0 Å². The van der Waals surface area contributed by atoms with Gasteiger partial charge in [-0.3, -0.25) is 9.59 Å². The van der Waals surface area contributed by atoms with Crippen LogP contribution in [0, 0.1) is 11.7 Å². The average molecular weight is 459 g/mol. The minimum Gasteiger partial charge on any atom is -0.342 e. The highest BCUT2D eigenvalue weighted by Gasteiger charge is 2.33. The first-order valence-corrected chi connectivity index (χ1v) is 10.9. The van der Waals surface area contributed by atoms with Crippen LogP contribution in [-0.4, -0.2) is 36.3 Å². The molecule has 2 aromatic carbocycles. The van der Waals surface area contributed by atoms with Crippen LogP contribution < -0.4 is 4.90 Å². The summed E-state index contributed by atoms with van der Waals surface area (Å²) in [6, 6.07) is 12.1. The third-order valence-electron chi connectivity index (χ3n) is 5.82. The number of anilines is 1. The monoisotopic (exact) mass is 458 g/mol. The molecule has 0 radical (unpaired) electrons. The second kappa shape index (κ2) is 8.66. The molecule has 2 amide bonds. The van der Waals surface area contributed by atoms with Gasteiger partial charge in [0.2, 0.25) is 11.8 Å². The molecule has 1 atom stereocenters. The number of amides is 2. The van der Waals surface area contributed by atoms with Crippen LogP contribution in [0.2, 0.25) is 0 Å². The van der Waals surface area contributed by atoms with Crippen LogP contribution in [0.5, 0.6) is 0 Å². The van der Waals surface area contributed by atoms with Gasteiger partial charge >= 0.3 is 0 Å². The number of carbonyl (C=O) groups is 2. The zero-order chi connectivity index (χ0) is 20.4. The van der Waals surface area contributed by atoms with E-state index in [1.165, 1.54) is 17.7 Å². The number of rotatable bonds is 3. The molecule has 1 saturated heterocycles. The maximum Gasteiger partial charge on any atom is 0.231 e. The number of piperidine rings is 1. The fraction of sp³-hybridized carbons (Fsp3) is 0.391. The Morgan fingerprint density at radius 1 is 1.07 bits per heavy atom. The summed E-state index contributed by atoms with van der Waals surface area (Å²) in [6.07, 6.45) is 3.80. The van der Waals surface area contributed by atoms with Gasteiger partial charge in [-0.25, -0.2) is 4.39 Å². The van der Waals surface area contributed by atoms with Crippen molar-refractivity contribution in [1.82, 2.24) is 4.90 Å². The number of halogens is 2. The van der Waals surface area contributed by atoms with Crippen molar-refractivity contribution in [3.63, 3.8) is 0 Å². The van der Waals surface area contributed by atoms with Crippen molar-refractivity contribution >= 4 is 33.4 Å². The standard InChI is InChI=1S/C23H24BrFN2O2/c24-19-7-10-21-17(14-19)3-2-12-27(21)23(29)18-4-1-11-26(15-18)22(28)13-16-5-8-20(25)9-6-16/h5-10,14,18H,1-4,11-13,15H2. The van der Waals surface area contributed by atoms with Crippen LogP contribution >= 0.6 is 15.9 Å². The molecule has 29 heavy (non-hydrogen) atoms. The molecule has 2 heterocycles. The Morgan fingerprint density at radius 3 is 2.66 bits per heavy atom. The van der Waals surface area contributed by atoms with Crippen molar-refractivity contribution in [1.29, 1.82) is 0 Å². The molecular weight excluding hydrogens is 435 g/mol. The topological polar surface area (TPSA) is 40.6 Å². The summed E-state index contributed by atoms with van der Waals surface area (Å²) in [7, 11) is 0. The fourth-order valence-corrected chi connectivity index (χ4v) is 4.72. The molecule has 0 aromatic heterocycles. The van der Waals surface area contributed by atoms with Crippen LogP contribution in [0.15, 0.2) is 46.9 Å². The number of benzene rings is 2. The maximum absolute atomic E-state index is 13.3. The molecule has 2 aliphatic rings. The highest BCUT2D eigenvalue weighted by Crippen LogP contribution is 2.32. The number of carbonyl (C=O) groups excluding carboxylic acids is 2. The third kappa shape index (κ3) is 4.53. The van der Waals surface area contributed by atoms with Crippen molar-refractivity contribution in [3.8, 4) is 0 Å². The molecule has 0 aliphatic carbocycles. The number of hydrogen-bond acceptors (Lipinski definition) is 2. The smallest absolute Gasteiger partial charge is 0.231 e. The lowest BCUT2D eigenvalue weighted by Gasteiger charge is -2.37. The zero-order valence-corrected chi connectivity index (χ0v) is 17.8. The maximum atomic E-state index is 13.3. The summed E-state index contributed by atoms with van der Waals surface area (Å²) >= 11 is 3.51. The third-order valence-corrected chi connectivity index (χ3v) is 6.31. The van der Waals surface area contributed by atoms with E-state index in [1.54, 1.807) is 17.0 Å². The van der Waals surface area contributed by atoms with E-state index < -0.39 is 0 Å². The summed E-state index contributed by atoms with van der Waals surface area (Å²) in [6.45, 7) is 1.86. The van der Waals surface area contributed by atoms with Gasteiger partial charge in [-0.15, -0.1) is 0 Å². The van der Waals surface area contributed by atoms with Crippen LogP contribution in [0.1, 0.15) is 30.4 Å². The van der Waals surface area contributed by atoms with Gasteiger partial charge in [-0.2, -0.15) is 0 Å². The van der Waals surface area contributed by atoms with Crippen LogP contribution in [0.25, 0.3) is 0 Å². The molecular formula is C23H24BrFN2O2. The minimum atomic E-state index is -0.307. The number of likely N-dealkylation sites (tertiary alicyclic amines) is 1. The normalized spacial score (nSPS) is 19.0. The van der Waals surface area contributed by atoms with E-state index in [0.29, 0.717) is 13.1 Å². The Morgan fingerprint density at radius 2 is 1.86 bits per heavy atom. The molecule has 2 aliphatic heterocycles. The second-order valence-corrected chi connectivity index (χ2v) is 8.76. The van der Waals surface area contributed by atoms with Crippen molar-refractivity contribution in [2.45, 2.75) is 32.1 Å². The van der Waals surface area contributed by atoms with E-state index >= 15 is 0 Å². The highest BCUT2D eigenvalue weighted by molar-refractivity contribution is 9.10. The van der Waals surface area contributed by atoms with Crippen LogP contribution in [0.4, 0.5) is 10.1 Å². The Kier molecular flexibility index (Phi) is 5.99. The molecule has 4 rings (SSSR count). The van der Waals surface area contributed by atoms with Gasteiger partial charge in [-0.05, 0) is 67.1 Å². The number of hydrogen-bond donors (Lipinski definition) is 0. The summed E-state index contributed by atoms with van der Waals surface area (Å²) in [4.78, 5) is 29.7. The highest BCUT2D eigenvalue weighted by atomic mass is 79.9. The average Bonchev–Trinajstić information content (AvgIpc) is 2.74. The van der Waals surface area contributed by atoms with Gasteiger partial charge in [0, 0.05) is 29.8 Å². The number of fused-ring (bicyclic) bond motifs is 1. The lowest BCUT2D eigenvalue weighted by molar-refractivity contribution is -0.134. The van der Waals surface area contributed by atoms with E-state index in [-0.39, 0.29) is 30.0 Å². The molecule has 1 unspecified atom stereocenters. The molecule has 0 spiro atoms. The summed E-state index contributed by atoms with van der Waals surface area (Å²) in [5, 5.41) is 0. The van der Waals surface area contributed by atoms with Crippen molar-refractivity contribution in [3.05, 3.63) is 63.9 Å². The lowest BCUT2D eigenvalue weighted by atomic mass is 9.93. The van der Waals surface area contributed by atoms with Gasteiger partial charge in [0.1, 0.15) is 5.82 Å². The quantitative estimate of drug-likeness (QED) is 0.685. The van der Waals surface area contributed by atoms with E-state index in [1.807, 2.05) is 17.0 Å². The van der Waals surface area contributed by atoms with Crippen molar-refractivity contribution in [2.24, 2.45) is 5.92 Å². The molecule has 152 valence electrons. The Hall–Kier alpha value is -2.21. The van der Waals surface area contributed by atoms with Gasteiger partial charge in [0.05, 0.1) is 12.3 Å². The first-order valence-electron chi connectivity index (χ1n) is 10.1. The largest absolute Gasteiger partial charge is 0.342 e. The molecule has 1 fully saturated rings. The second-order valence-electron chi connectivity index (χ2n) is 7.85. The summed E-state index contributed by atoms with van der Waals surface area (Å²) in [5.41, 5.74) is 2.98. The van der Waals surface area contributed by atoms with Crippen molar-refractivity contribution in [2.75, 3.05) is 24.5 Å². The molecule has 4 nitrogen and oxygen atoms in total. The van der Waals surface area contributed by atoms with Crippen molar-refractivity contribution < 1.29 is 14.0 Å². The molecule has 0 N–H and O–H groups in total. The Bertz CT molecular complexity index is 916. The van der Waals surface area contributed by atoms with Gasteiger partial charge in [0.15, 0.2) is 0 Å². The van der Waals surface area contributed by atoms with Gasteiger partial charge in [0.25, 0.3) is 0 Å². The fourth-order valence-electron chi connectivity index (χ4n) is 4.31. The SMILES string of the molecule is O=C(Cc1ccc(F)cc1)N1CCCC(C(=O)N2CCCc3cc(Br)ccc32)C1. The lowest BCUT2D eigenvalue weighted by Crippen LogP contribution is -2.48. The predicted molar refractivity (Wildman–Crippen MR) is 114 cm³/mol. The summed E-state index contributed by atoms with van der Waals surface area (Å²) in [5.74, 6) is -0.362. The first-order chi connectivity index (χ1) is 14.0. The first kappa shape index (κ1) is 20.1. The van der Waals surface area contributed by atoms with Crippen LogP contribution in [0.3, 0.4) is 0 Å². The zero-order valence-electron chi connectivity index (χ0n) is 16.2.